The number of benzene rings is 1. The topological polar surface area (TPSA) is 21.3 Å². The van der Waals surface area contributed by atoms with Crippen molar-refractivity contribution in [1.29, 1.82) is 0 Å². The molecule has 92 valence electrons. The van der Waals surface area contributed by atoms with E-state index < -0.39 is 11.6 Å². The summed E-state index contributed by atoms with van der Waals surface area (Å²) in [5.74, 6) is -0.213. The quantitative estimate of drug-likeness (QED) is 0.855. The Morgan fingerprint density at radius 3 is 2.76 bits per heavy atom. The van der Waals surface area contributed by atoms with Crippen molar-refractivity contribution in [3.63, 3.8) is 0 Å². The Morgan fingerprint density at radius 2 is 2.00 bits per heavy atom. The zero-order valence-electron chi connectivity index (χ0n) is 9.46. The Morgan fingerprint density at radius 1 is 1.18 bits per heavy atom. The van der Waals surface area contributed by atoms with Gasteiger partial charge < -0.3 is 10.1 Å². The molecular weight excluding hydrogens is 224 g/mol. The third-order valence-corrected chi connectivity index (χ3v) is 3.47. The van der Waals surface area contributed by atoms with Crippen molar-refractivity contribution >= 4 is 0 Å². The lowest BCUT2D eigenvalue weighted by Gasteiger charge is -2.31. The maximum absolute atomic E-state index is 13.6. The first kappa shape index (κ1) is 11.1. The van der Waals surface area contributed by atoms with Crippen molar-refractivity contribution < 1.29 is 13.5 Å². The van der Waals surface area contributed by atoms with Crippen LogP contribution in [0.1, 0.15) is 24.5 Å². The van der Waals surface area contributed by atoms with Crippen LogP contribution in [0.2, 0.25) is 0 Å². The highest BCUT2D eigenvalue weighted by Crippen LogP contribution is 2.38. The normalized spacial score (nSPS) is 29.3. The summed E-state index contributed by atoms with van der Waals surface area (Å²) in [6.07, 6.45) is 2.15. The molecule has 1 aliphatic carbocycles. The summed E-state index contributed by atoms with van der Waals surface area (Å²) in [6, 6.07) is 3.53. The van der Waals surface area contributed by atoms with E-state index in [1.54, 1.807) is 0 Å². The highest BCUT2D eigenvalue weighted by Gasteiger charge is 2.36. The molecule has 2 unspecified atom stereocenters. The molecule has 2 nitrogen and oxygen atoms in total. The summed E-state index contributed by atoms with van der Waals surface area (Å²) in [6.45, 7) is 1.36. The predicted molar refractivity (Wildman–Crippen MR) is 59.6 cm³/mol. The highest BCUT2D eigenvalue weighted by molar-refractivity contribution is 5.22. The monoisotopic (exact) mass is 239 g/mol. The summed E-state index contributed by atoms with van der Waals surface area (Å²) in [4.78, 5) is 0. The maximum atomic E-state index is 13.6. The van der Waals surface area contributed by atoms with E-state index >= 15 is 0 Å². The number of rotatable bonds is 2. The Hall–Kier alpha value is -1.00. The molecule has 0 aromatic heterocycles. The molecule has 0 bridgehead atoms. The molecule has 2 atom stereocenters. The summed E-state index contributed by atoms with van der Waals surface area (Å²) in [5.41, 5.74) is 0.322. The van der Waals surface area contributed by atoms with Gasteiger partial charge in [0.1, 0.15) is 11.6 Å². The number of hydrogen-bond acceptors (Lipinski definition) is 2. The third-order valence-electron chi connectivity index (χ3n) is 3.47. The van der Waals surface area contributed by atoms with Gasteiger partial charge in [0.05, 0.1) is 12.2 Å². The minimum atomic E-state index is -0.418. The molecule has 1 aromatic rings. The lowest BCUT2D eigenvalue weighted by atomic mass is 10.1. The van der Waals surface area contributed by atoms with Crippen LogP contribution in [0.3, 0.4) is 0 Å². The van der Waals surface area contributed by atoms with Gasteiger partial charge in [0.2, 0.25) is 0 Å². The Bertz CT molecular complexity index is 420. The molecule has 1 aromatic carbocycles. The second-order valence-electron chi connectivity index (χ2n) is 4.82. The number of halogens is 2. The average Bonchev–Trinajstić information content (AvgIpc) is 3.17. The SMILES string of the molecule is Fc1ccc(F)c(C2CNCC(C3CC3)O2)c1. The standard InChI is InChI=1S/C13H15F2NO/c14-9-3-4-11(15)10(5-9)13-7-16-6-12(17-13)8-1-2-8/h3-5,8,12-13,16H,1-2,6-7H2. The van der Waals surface area contributed by atoms with Crippen molar-refractivity contribution in [2.75, 3.05) is 13.1 Å². The van der Waals surface area contributed by atoms with E-state index in [-0.39, 0.29) is 12.2 Å². The van der Waals surface area contributed by atoms with Crippen LogP contribution in [0.25, 0.3) is 0 Å². The lowest BCUT2D eigenvalue weighted by Crippen LogP contribution is -2.41. The van der Waals surface area contributed by atoms with Gasteiger partial charge in [0.25, 0.3) is 0 Å². The first-order valence-corrected chi connectivity index (χ1v) is 6.05. The van der Waals surface area contributed by atoms with Crippen LogP contribution in [0.15, 0.2) is 18.2 Å². The van der Waals surface area contributed by atoms with Gasteiger partial charge in [-0.25, -0.2) is 8.78 Å². The van der Waals surface area contributed by atoms with E-state index in [0.29, 0.717) is 18.0 Å². The molecule has 17 heavy (non-hydrogen) atoms. The summed E-state index contributed by atoms with van der Waals surface area (Å²) in [5, 5.41) is 3.24. The fourth-order valence-electron chi connectivity index (χ4n) is 2.35. The van der Waals surface area contributed by atoms with Crippen molar-refractivity contribution in [2.45, 2.75) is 25.0 Å². The summed E-state index contributed by atoms with van der Waals surface area (Å²) < 4.78 is 32.6. The molecule has 1 saturated carbocycles. The number of hydrogen-bond donors (Lipinski definition) is 1. The first-order chi connectivity index (χ1) is 8.24. The van der Waals surface area contributed by atoms with Gasteiger partial charge in [0, 0.05) is 18.7 Å². The number of ether oxygens (including phenoxy) is 1. The van der Waals surface area contributed by atoms with Crippen LogP contribution >= 0.6 is 0 Å². The molecule has 1 heterocycles. The van der Waals surface area contributed by atoms with Crippen LogP contribution in [-0.4, -0.2) is 19.2 Å². The zero-order chi connectivity index (χ0) is 11.8. The lowest BCUT2D eigenvalue weighted by molar-refractivity contribution is -0.0509. The zero-order valence-corrected chi connectivity index (χ0v) is 9.46. The Kier molecular flexibility index (Phi) is 2.84. The first-order valence-electron chi connectivity index (χ1n) is 6.05. The third kappa shape index (κ3) is 2.33. The van der Waals surface area contributed by atoms with Crippen LogP contribution in [0.5, 0.6) is 0 Å². The van der Waals surface area contributed by atoms with Gasteiger partial charge in [-0.2, -0.15) is 0 Å². The van der Waals surface area contributed by atoms with Gasteiger partial charge in [-0.05, 0) is 37.0 Å². The smallest absolute Gasteiger partial charge is 0.129 e. The highest BCUT2D eigenvalue weighted by atomic mass is 19.1. The second kappa shape index (κ2) is 4.35. The van der Waals surface area contributed by atoms with Crippen LogP contribution in [0.4, 0.5) is 8.78 Å². The van der Waals surface area contributed by atoms with Crippen LogP contribution in [0, 0.1) is 17.6 Å². The minimum Gasteiger partial charge on any atom is -0.367 e. The van der Waals surface area contributed by atoms with E-state index in [2.05, 4.69) is 5.32 Å². The van der Waals surface area contributed by atoms with E-state index in [9.17, 15) is 8.78 Å². The Balaban J connectivity index is 1.79. The van der Waals surface area contributed by atoms with Crippen LogP contribution in [-0.2, 0) is 4.74 Å². The maximum Gasteiger partial charge on any atom is 0.129 e. The molecular formula is C13H15F2NO. The van der Waals surface area contributed by atoms with E-state index in [1.807, 2.05) is 0 Å². The van der Waals surface area contributed by atoms with Crippen molar-refractivity contribution in [3.8, 4) is 0 Å². The van der Waals surface area contributed by atoms with Gasteiger partial charge >= 0.3 is 0 Å². The molecule has 0 amide bonds. The number of morpholine rings is 1. The summed E-state index contributed by atoms with van der Waals surface area (Å²) in [7, 11) is 0. The van der Waals surface area contributed by atoms with Gasteiger partial charge in [-0.3, -0.25) is 0 Å². The van der Waals surface area contributed by atoms with E-state index in [1.165, 1.54) is 18.9 Å². The van der Waals surface area contributed by atoms with Crippen molar-refractivity contribution in [1.82, 2.24) is 5.32 Å². The molecule has 0 spiro atoms. The predicted octanol–water partition coefficient (Wildman–Crippen LogP) is 2.40. The molecule has 1 N–H and O–H groups in total. The fraction of sp³-hybridized carbons (Fsp3) is 0.538. The van der Waals surface area contributed by atoms with E-state index in [4.69, 9.17) is 4.74 Å². The molecule has 1 saturated heterocycles. The molecule has 4 heteroatoms. The van der Waals surface area contributed by atoms with Gasteiger partial charge in [-0.1, -0.05) is 0 Å². The van der Waals surface area contributed by atoms with Crippen molar-refractivity contribution in [2.24, 2.45) is 5.92 Å². The molecule has 0 radical (unpaired) electrons. The fourth-order valence-corrected chi connectivity index (χ4v) is 2.35. The molecule has 1 aliphatic heterocycles. The van der Waals surface area contributed by atoms with Crippen LogP contribution < -0.4 is 5.32 Å². The van der Waals surface area contributed by atoms with Crippen molar-refractivity contribution in [3.05, 3.63) is 35.4 Å². The molecule has 2 fully saturated rings. The number of nitrogens with one attached hydrogen (secondary N) is 1. The van der Waals surface area contributed by atoms with Gasteiger partial charge in [0.15, 0.2) is 0 Å². The summed E-state index contributed by atoms with van der Waals surface area (Å²) >= 11 is 0. The average molecular weight is 239 g/mol. The molecule has 3 rings (SSSR count). The second-order valence-corrected chi connectivity index (χ2v) is 4.82. The molecule has 2 aliphatic rings. The Labute approximate surface area is 99.0 Å². The van der Waals surface area contributed by atoms with Gasteiger partial charge in [-0.15, -0.1) is 0 Å². The van der Waals surface area contributed by atoms with E-state index in [0.717, 1.165) is 18.7 Å². The minimum absolute atomic E-state index is 0.149. The largest absolute Gasteiger partial charge is 0.367 e.